The van der Waals surface area contributed by atoms with Crippen LogP contribution in [0.2, 0.25) is 5.02 Å². The molecule has 0 saturated carbocycles. The molecule has 0 radical (unpaired) electrons. The van der Waals surface area contributed by atoms with Crippen LogP contribution in [0.4, 0.5) is 4.39 Å². The fourth-order valence-corrected chi connectivity index (χ4v) is 5.51. The average Bonchev–Trinajstić information content (AvgIpc) is 3.35. The molecule has 0 saturated heterocycles. The van der Waals surface area contributed by atoms with Gasteiger partial charge in [-0.2, -0.15) is 0 Å². The molecule has 0 bridgehead atoms. The molecule has 0 spiro atoms. The third-order valence-corrected chi connectivity index (χ3v) is 7.76. The summed E-state index contributed by atoms with van der Waals surface area (Å²) < 4.78 is 19.6. The van der Waals surface area contributed by atoms with Gasteiger partial charge in [-0.15, -0.1) is 11.3 Å². The topological polar surface area (TPSA) is 49.9 Å². The average molecular weight is 529 g/mol. The van der Waals surface area contributed by atoms with E-state index in [1.165, 1.54) is 17.0 Å². The Morgan fingerprint density at radius 3 is 2.78 bits per heavy atom. The molecule has 0 fully saturated rings. The summed E-state index contributed by atoms with van der Waals surface area (Å²) in [6, 6.07) is 14.5. The van der Waals surface area contributed by atoms with Gasteiger partial charge in [-0.05, 0) is 59.7 Å². The lowest BCUT2D eigenvalue weighted by atomic mass is 10.00. The van der Waals surface area contributed by atoms with Crippen molar-refractivity contribution in [1.29, 1.82) is 0 Å². The van der Waals surface area contributed by atoms with Gasteiger partial charge in [-0.1, -0.05) is 44.0 Å². The predicted octanol–water partition coefficient (Wildman–Crippen LogP) is 6.23. The highest BCUT2D eigenvalue weighted by molar-refractivity contribution is 7.10. The molecule has 0 aliphatic carbocycles. The first-order valence-electron chi connectivity index (χ1n) is 12.1. The minimum absolute atomic E-state index is 0.0361. The van der Waals surface area contributed by atoms with Gasteiger partial charge in [0.05, 0.1) is 6.04 Å². The van der Waals surface area contributed by atoms with E-state index in [1.54, 1.807) is 57.5 Å². The number of thiophene rings is 1. The molecule has 2 heterocycles. The maximum atomic E-state index is 13.7. The highest BCUT2D eigenvalue weighted by Crippen LogP contribution is 2.34. The Kier molecular flexibility index (Phi) is 8.64. The van der Waals surface area contributed by atoms with Crippen LogP contribution >= 0.6 is 22.9 Å². The number of hydrogen-bond acceptors (Lipinski definition) is 4. The highest BCUT2D eigenvalue weighted by Gasteiger charge is 2.34. The van der Waals surface area contributed by atoms with Crippen molar-refractivity contribution in [2.45, 2.75) is 32.7 Å². The van der Waals surface area contributed by atoms with Crippen LogP contribution in [0, 0.1) is 11.7 Å². The molecule has 8 heteroatoms. The smallest absolute Gasteiger partial charge is 0.254 e. The Hall–Kier alpha value is -2.90. The zero-order valence-corrected chi connectivity index (χ0v) is 22.0. The quantitative estimate of drug-likeness (QED) is 0.330. The molecule has 4 rings (SSSR count). The summed E-state index contributed by atoms with van der Waals surface area (Å²) in [7, 11) is 0. The lowest BCUT2D eigenvalue weighted by Gasteiger charge is -2.37. The lowest BCUT2D eigenvalue weighted by molar-refractivity contribution is -0.135. The molecule has 1 aliphatic rings. The molecule has 2 aromatic carbocycles. The number of ether oxygens (including phenoxy) is 1. The minimum atomic E-state index is -0.375. The van der Waals surface area contributed by atoms with Gasteiger partial charge in [-0.3, -0.25) is 9.59 Å². The van der Waals surface area contributed by atoms with Crippen LogP contribution < -0.4 is 4.74 Å². The molecule has 0 N–H and O–H groups in total. The summed E-state index contributed by atoms with van der Waals surface area (Å²) in [5.41, 5.74) is 1.51. The molecule has 36 heavy (non-hydrogen) atoms. The third-order valence-electron chi connectivity index (χ3n) is 6.53. The highest BCUT2D eigenvalue weighted by atomic mass is 35.5. The molecule has 2 unspecified atom stereocenters. The number of halogens is 2. The molecular weight excluding hydrogens is 499 g/mol. The van der Waals surface area contributed by atoms with Crippen molar-refractivity contribution in [3.63, 3.8) is 0 Å². The van der Waals surface area contributed by atoms with Crippen LogP contribution in [0.25, 0.3) is 0 Å². The second kappa shape index (κ2) is 11.9. The zero-order chi connectivity index (χ0) is 25.7. The fraction of sp³-hybridized carbons (Fsp3) is 0.357. The minimum Gasteiger partial charge on any atom is -0.491 e. The first-order valence-corrected chi connectivity index (χ1v) is 13.4. The summed E-state index contributed by atoms with van der Waals surface area (Å²) in [5.74, 6) is -0.0806. The Morgan fingerprint density at radius 2 is 2.03 bits per heavy atom. The molecular formula is C28H30ClFN2O3S. The van der Waals surface area contributed by atoms with E-state index in [2.05, 4.69) is 13.8 Å². The molecule has 2 amide bonds. The van der Waals surface area contributed by atoms with E-state index in [-0.39, 0.29) is 42.7 Å². The second-order valence-electron chi connectivity index (χ2n) is 9.13. The van der Waals surface area contributed by atoms with Crippen molar-refractivity contribution in [3.05, 3.63) is 86.8 Å². The second-order valence-corrected chi connectivity index (χ2v) is 10.6. The molecule has 5 nitrogen and oxygen atoms in total. The fourth-order valence-electron chi connectivity index (χ4n) is 4.39. The van der Waals surface area contributed by atoms with Crippen LogP contribution in [-0.2, 0) is 11.2 Å². The summed E-state index contributed by atoms with van der Waals surface area (Å²) in [4.78, 5) is 31.7. The number of benzene rings is 2. The van der Waals surface area contributed by atoms with Gasteiger partial charge in [0.25, 0.3) is 5.91 Å². The Morgan fingerprint density at radius 1 is 1.22 bits per heavy atom. The number of fused-ring (bicyclic) bond motifs is 1. The summed E-state index contributed by atoms with van der Waals surface area (Å²) in [6.07, 6.45) is 1.64. The van der Waals surface area contributed by atoms with Gasteiger partial charge in [0.15, 0.2) is 0 Å². The molecule has 190 valence electrons. The van der Waals surface area contributed by atoms with Gasteiger partial charge in [0.1, 0.15) is 24.7 Å². The van der Waals surface area contributed by atoms with E-state index in [0.717, 1.165) is 18.4 Å². The first kappa shape index (κ1) is 26.2. The predicted molar refractivity (Wildman–Crippen MR) is 141 cm³/mol. The monoisotopic (exact) mass is 528 g/mol. The SMILES string of the molecule is CCC(C)CN(CC(=O)N1CCc2sccc2C1COc1cccc(F)c1)C(=O)c1cccc(Cl)c1. The number of hydrogen-bond donors (Lipinski definition) is 0. The van der Waals surface area contributed by atoms with E-state index in [1.807, 2.05) is 11.4 Å². The lowest BCUT2D eigenvalue weighted by Crippen LogP contribution is -2.48. The van der Waals surface area contributed by atoms with E-state index in [0.29, 0.717) is 29.4 Å². The normalized spacial score (nSPS) is 15.8. The van der Waals surface area contributed by atoms with Crippen LogP contribution in [0.15, 0.2) is 60.0 Å². The number of amides is 2. The van der Waals surface area contributed by atoms with Crippen molar-refractivity contribution >= 4 is 34.8 Å². The van der Waals surface area contributed by atoms with Crippen molar-refractivity contribution in [2.75, 3.05) is 26.2 Å². The summed E-state index contributed by atoms with van der Waals surface area (Å²) in [5, 5.41) is 2.50. The van der Waals surface area contributed by atoms with Gasteiger partial charge >= 0.3 is 0 Å². The van der Waals surface area contributed by atoms with E-state index < -0.39 is 0 Å². The van der Waals surface area contributed by atoms with Crippen LogP contribution in [-0.4, -0.2) is 47.9 Å². The molecule has 1 aromatic heterocycles. The Labute approximate surface area is 220 Å². The van der Waals surface area contributed by atoms with Crippen molar-refractivity contribution < 1.29 is 18.7 Å². The van der Waals surface area contributed by atoms with Crippen molar-refractivity contribution in [1.82, 2.24) is 9.80 Å². The van der Waals surface area contributed by atoms with E-state index >= 15 is 0 Å². The maximum Gasteiger partial charge on any atom is 0.254 e. The van der Waals surface area contributed by atoms with Gasteiger partial charge in [0, 0.05) is 34.6 Å². The van der Waals surface area contributed by atoms with E-state index in [9.17, 15) is 14.0 Å². The number of carbonyl (C=O) groups excluding carboxylic acids is 2. The zero-order valence-electron chi connectivity index (χ0n) is 20.5. The van der Waals surface area contributed by atoms with Crippen LogP contribution in [0.3, 0.4) is 0 Å². The Balaban J connectivity index is 1.55. The van der Waals surface area contributed by atoms with Gasteiger partial charge < -0.3 is 14.5 Å². The molecule has 2 atom stereocenters. The van der Waals surface area contributed by atoms with Crippen molar-refractivity contribution in [2.24, 2.45) is 5.92 Å². The van der Waals surface area contributed by atoms with Crippen LogP contribution in [0.5, 0.6) is 5.75 Å². The van der Waals surface area contributed by atoms with Crippen LogP contribution in [0.1, 0.15) is 47.1 Å². The number of nitrogens with zero attached hydrogens (tertiary/aromatic N) is 2. The Bertz CT molecular complexity index is 1220. The standard InChI is InChI=1S/C28H30ClFN2O3S/c1-3-19(2)16-31(28(34)20-6-4-7-21(29)14-20)17-27(33)32-12-10-26-24(11-13-36-26)25(32)18-35-23-9-5-8-22(30)15-23/h4-9,11,13-15,19,25H,3,10,12,16-18H2,1-2H3. The summed E-state index contributed by atoms with van der Waals surface area (Å²) >= 11 is 7.79. The van der Waals surface area contributed by atoms with Gasteiger partial charge in [0.2, 0.25) is 5.91 Å². The largest absolute Gasteiger partial charge is 0.491 e. The number of rotatable bonds is 9. The summed E-state index contributed by atoms with van der Waals surface area (Å²) in [6.45, 7) is 5.30. The maximum absolute atomic E-state index is 13.7. The number of carbonyl (C=O) groups is 2. The van der Waals surface area contributed by atoms with E-state index in [4.69, 9.17) is 16.3 Å². The molecule has 3 aromatic rings. The first-order chi connectivity index (χ1) is 17.4. The van der Waals surface area contributed by atoms with Crippen molar-refractivity contribution in [3.8, 4) is 5.75 Å². The molecule has 1 aliphatic heterocycles. The van der Waals surface area contributed by atoms with Gasteiger partial charge in [-0.25, -0.2) is 4.39 Å². The third kappa shape index (κ3) is 6.26.